The van der Waals surface area contributed by atoms with E-state index in [2.05, 4.69) is 9.80 Å². The van der Waals surface area contributed by atoms with Crippen LogP contribution in [-0.4, -0.2) is 115 Å². The lowest BCUT2D eigenvalue weighted by Gasteiger charge is -2.47. The zero-order valence-electron chi connectivity index (χ0n) is 19.9. The molecule has 0 radical (unpaired) electrons. The van der Waals surface area contributed by atoms with Gasteiger partial charge in [-0.05, 0) is 25.5 Å². The highest BCUT2D eigenvalue weighted by Gasteiger charge is 2.67. The Morgan fingerprint density at radius 3 is 2.41 bits per heavy atom. The Kier molecular flexibility index (Phi) is 7.66. The largest absolute Gasteiger partial charge is 0.490 e. The van der Waals surface area contributed by atoms with E-state index in [-0.39, 0.29) is 18.4 Å². The van der Waals surface area contributed by atoms with Crippen molar-refractivity contribution in [1.29, 1.82) is 0 Å². The number of carboxylic acids is 1. The van der Waals surface area contributed by atoms with Crippen molar-refractivity contribution in [3.63, 3.8) is 0 Å². The summed E-state index contributed by atoms with van der Waals surface area (Å²) in [5.41, 5.74) is -0.816. The van der Waals surface area contributed by atoms with Crippen LogP contribution in [-0.2, 0) is 19.7 Å². The number of aliphatic hydroxyl groups excluding tert-OH is 1. The molecule has 4 atom stereocenters. The van der Waals surface area contributed by atoms with Gasteiger partial charge in [-0.15, -0.1) is 0 Å². The van der Waals surface area contributed by atoms with E-state index in [1.165, 1.54) is 0 Å². The van der Waals surface area contributed by atoms with Gasteiger partial charge in [-0.1, -0.05) is 13.0 Å². The zero-order valence-corrected chi connectivity index (χ0v) is 19.9. The number of rotatable bonds is 9. The number of hydrogen-bond donors (Lipinski definition) is 3. The second-order valence-electron chi connectivity index (χ2n) is 9.33. The number of carboxylic acid groups (broad SMARTS) is 1. The van der Waals surface area contributed by atoms with E-state index in [0.29, 0.717) is 63.8 Å². The molecule has 2 fully saturated rings. The highest BCUT2D eigenvalue weighted by atomic mass is 16.7. The molecule has 4 rings (SSSR count). The van der Waals surface area contributed by atoms with Crippen LogP contribution < -0.4 is 9.47 Å². The van der Waals surface area contributed by atoms with Gasteiger partial charge < -0.3 is 34.3 Å². The summed E-state index contributed by atoms with van der Waals surface area (Å²) in [6.07, 6.45) is -0.148. The highest BCUT2D eigenvalue weighted by molar-refractivity contribution is 5.82. The molecule has 3 heterocycles. The Labute approximate surface area is 200 Å². The van der Waals surface area contributed by atoms with E-state index in [4.69, 9.17) is 18.9 Å². The summed E-state index contributed by atoms with van der Waals surface area (Å²) in [7, 11) is 0. The molecule has 2 saturated heterocycles. The summed E-state index contributed by atoms with van der Waals surface area (Å²) in [5, 5.41) is 32.1. The number of nitrogens with zero attached hydrogens (tertiary/aromatic N) is 2. The monoisotopic (exact) mass is 480 g/mol. The van der Waals surface area contributed by atoms with Crippen LogP contribution in [0.3, 0.4) is 0 Å². The third kappa shape index (κ3) is 4.50. The Balaban J connectivity index is 1.63. The first-order valence-electron chi connectivity index (χ1n) is 12.0. The van der Waals surface area contributed by atoms with Crippen LogP contribution in [0.4, 0.5) is 0 Å². The average molecular weight is 481 g/mol. The minimum atomic E-state index is -2.47. The molecule has 34 heavy (non-hydrogen) atoms. The number of aliphatic carboxylic acids is 1. The molecule has 1 aromatic carbocycles. The van der Waals surface area contributed by atoms with Gasteiger partial charge in [0.2, 0.25) is 0 Å². The van der Waals surface area contributed by atoms with Crippen LogP contribution in [0.1, 0.15) is 25.8 Å². The number of fused-ring (bicyclic) bond motifs is 1. The minimum absolute atomic E-state index is 0.0315. The van der Waals surface area contributed by atoms with Crippen molar-refractivity contribution in [2.45, 2.75) is 43.6 Å². The lowest BCUT2D eigenvalue weighted by molar-refractivity contribution is -0.216. The number of β-amino-alcohol motifs (C(OH)–C–C–N with tert-alkyl or cyclic N) is 1. The fraction of sp³-hybridized carbons (Fsp3) is 0.708. The number of morpholine rings is 2. The van der Waals surface area contributed by atoms with Crippen molar-refractivity contribution in [2.75, 3.05) is 65.8 Å². The molecule has 190 valence electrons. The van der Waals surface area contributed by atoms with Crippen molar-refractivity contribution in [3.05, 3.63) is 23.8 Å². The molecule has 0 spiro atoms. The Bertz CT molecular complexity index is 857. The smallest absolute Gasteiger partial charge is 0.378 e. The fourth-order valence-corrected chi connectivity index (χ4v) is 5.56. The van der Waals surface area contributed by atoms with Gasteiger partial charge in [0.05, 0.1) is 37.4 Å². The molecule has 3 aliphatic rings. The maximum Gasteiger partial charge on any atom is 0.378 e. The zero-order chi connectivity index (χ0) is 24.3. The van der Waals surface area contributed by atoms with Crippen molar-refractivity contribution in [2.24, 2.45) is 0 Å². The van der Waals surface area contributed by atoms with Gasteiger partial charge in [0.25, 0.3) is 0 Å². The molecule has 4 unspecified atom stereocenters. The van der Waals surface area contributed by atoms with Crippen LogP contribution in [0, 0.1) is 0 Å². The summed E-state index contributed by atoms with van der Waals surface area (Å²) in [6.45, 7) is 9.32. The number of carbonyl (C=O) groups is 1. The average Bonchev–Trinajstić information content (AvgIpc) is 3.08. The van der Waals surface area contributed by atoms with Gasteiger partial charge in [-0.25, -0.2) is 4.79 Å². The third-order valence-corrected chi connectivity index (χ3v) is 7.30. The van der Waals surface area contributed by atoms with E-state index >= 15 is 0 Å². The first kappa shape index (κ1) is 25.2. The van der Waals surface area contributed by atoms with Crippen LogP contribution in [0.5, 0.6) is 11.5 Å². The molecule has 0 bridgehead atoms. The molecular formula is C24H36N2O8. The summed E-state index contributed by atoms with van der Waals surface area (Å²) < 4.78 is 22.7. The SMILES string of the molecule is CCC(N1CCOCC1)C1(C)c2c(OCC(O)CN3CCOCC3)cccc2OC1(O)C(=O)O. The normalized spacial score (nSPS) is 29.8. The molecule has 0 amide bonds. The number of ether oxygens (including phenoxy) is 4. The first-order chi connectivity index (χ1) is 16.3. The summed E-state index contributed by atoms with van der Waals surface area (Å²) in [6, 6.07) is 4.74. The summed E-state index contributed by atoms with van der Waals surface area (Å²) in [4.78, 5) is 16.7. The summed E-state index contributed by atoms with van der Waals surface area (Å²) >= 11 is 0. The lowest BCUT2D eigenvalue weighted by atomic mass is 9.68. The summed E-state index contributed by atoms with van der Waals surface area (Å²) in [5.74, 6) is -3.24. The predicted molar refractivity (Wildman–Crippen MR) is 122 cm³/mol. The number of aliphatic hydroxyl groups is 2. The van der Waals surface area contributed by atoms with Crippen molar-refractivity contribution < 1.29 is 39.1 Å². The topological polar surface area (TPSA) is 121 Å². The van der Waals surface area contributed by atoms with Gasteiger partial charge in [0, 0.05) is 38.8 Å². The van der Waals surface area contributed by atoms with Crippen LogP contribution >= 0.6 is 0 Å². The Hall–Kier alpha value is -1.95. The highest BCUT2D eigenvalue weighted by Crippen LogP contribution is 2.55. The van der Waals surface area contributed by atoms with Crippen molar-refractivity contribution in [1.82, 2.24) is 9.80 Å². The van der Waals surface area contributed by atoms with Gasteiger partial charge in [-0.2, -0.15) is 0 Å². The van der Waals surface area contributed by atoms with Crippen LogP contribution in [0.25, 0.3) is 0 Å². The molecule has 1 aromatic rings. The predicted octanol–water partition coefficient (Wildman–Crippen LogP) is 0.293. The molecule has 10 nitrogen and oxygen atoms in total. The molecule has 3 N–H and O–H groups in total. The lowest BCUT2D eigenvalue weighted by Crippen LogP contribution is -2.65. The van der Waals surface area contributed by atoms with Gasteiger partial charge >= 0.3 is 11.8 Å². The van der Waals surface area contributed by atoms with E-state index in [1.807, 2.05) is 6.92 Å². The molecule has 0 saturated carbocycles. The van der Waals surface area contributed by atoms with Crippen LogP contribution in [0.2, 0.25) is 0 Å². The second-order valence-corrected chi connectivity index (χ2v) is 9.33. The van der Waals surface area contributed by atoms with E-state index in [0.717, 1.165) is 13.1 Å². The third-order valence-electron chi connectivity index (χ3n) is 7.30. The maximum absolute atomic E-state index is 12.4. The van der Waals surface area contributed by atoms with E-state index in [9.17, 15) is 20.1 Å². The van der Waals surface area contributed by atoms with Gasteiger partial charge in [0.1, 0.15) is 24.2 Å². The Morgan fingerprint density at radius 2 is 1.79 bits per heavy atom. The maximum atomic E-state index is 12.4. The molecule has 10 heteroatoms. The van der Waals surface area contributed by atoms with Crippen LogP contribution in [0.15, 0.2) is 18.2 Å². The second kappa shape index (κ2) is 10.3. The van der Waals surface area contributed by atoms with E-state index < -0.39 is 23.3 Å². The van der Waals surface area contributed by atoms with Crippen molar-refractivity contribution in [3.8, 4) is 11.5 Å². The fourth-order valence-electron chi connectivity index (χ4n) is 5.56. The minimum Gasteiger partial charge on any atom is -0.490 e. The van der Waals surface area contributed by atoms with Gasteiger partial charge in [-0.3, -0.25) is 9.80 Å². The molecule has 0 aromatic heterocycles. The standard InChI is InChI=1S/C24H36N2O8/c1-3-20(26-9-13-32-14-10-26)23(2)21-18(5-4-6-19(21)34-24(23,30)22(28)29)33-16-17(27)15-25-7-11-31-12-8-25/h4-6,17,20,27,30H,3,7-16H2,1-2H3,(H,28,29). The molecular weight excluding hydrogens is 444 g/mol. The van der Waals surface area contributed by atoms with Crippen molar-refractivity contribution >= 4 is 5.97 Å². The van der Waals surface area contributed by atoms with E-state index in [1.54, 1.807) is 25.1 Å². The number of hydrogen-bond acceptors (Lipinski definition) is 9. The quantitative estimate of drug-likeness (QED) is 0.455. The molecule has 0 aliphatic carbocycles. The Morgan fingerprint density at radius 1 is 1.15 bits per heavy atom. The number of benzene rings is 1. The first-order valence-corrected chi connectivity index (χ1v) is 12.0. The van der Waals surface area contributed by atoms with Gasteiger partial charge in [0.15, 0.2) is 0 Å². The molecule has 3 aliphatic heterocycles.